The van der Waals surface area contributed by atoms with Crippen molar-refractivity contribution in [1.82, 2.24) is 9.13 Å². The molecule has 5 nitrogen and oxygen atoms in total. The second-order valence-corrected chi connectivity index (χ2v) is 4.39. The van der Waals surface area contributed by atoms with Crippen LogP contribution in [0.4, 0.5) is 0 Å². The van der Waals surface area contributed by atoms with E-state index in [9.17, 15) is 9.59 Å². The molecule has 0 atom stereocenters. The van der Waals surface area contributed by atoms with E-state index in [1.165, 1.54) is 17.0 Å². The summed E-state index contributed by atoms with van der Waals surface area (Å²) in [6.45, 7) is 0.161. The molecule has 0 unspecified atom stereocenters. The fraction of sp³-hybridized carbons (Fsp3) is 0.154. The predicted octanol–water partition coefficient (Wildman–Crippen LogP) is 1.24. The second-order valence-electron chi connectivity index (χ2n) is 3.95. The molecule has 1 aromatic carbocycles. The van der Waals surface area contributed by atoms with Crippen molar-refractivity contribution in [3.05, 3.63) is 68.0 Å². The molecule has 0 saturated heterocycles. The predicted molar refractivity (Wildman–Crippen MR) is 71.1 cm³/mol. The van der Waals surface area contributed by atoms with Crippen molar-refractivity contribution in [1.29, 1.82) is 5.26 Å². The molecule has 0 N–H and O–H groups in total. The minimum atomic E-state index is -0.696. The molecule has 19 heavy (non-hydrogen) atoms. The Labute approximate surface area is 113 Å². The standard InChI is InChI=1S/C13H10ClN3O2/c14-11-3-1-10(2-4-11)9-17-8-7-16(6-5-15)12(18)13(17)19/h1-4,7-8H,6,9H2. The van der Waals surface area contributed by atoms with E-state index in [4.69, 9.17) is 16.9 Å². The Morgan fingerprint density at radius 1 is 1.05 bits per heavy atom. The first kappa shape index (κ1) is 13.1. The van der Waals surface area contributed by atoms with Crippen molar-refractivity contribution in [3.63, 3.8) is 0 Å². The van der Waals surface area contributed by atoms with E-state index < -0.39 is 11.1 Å². The molecule has 0 bridgehead atoms. The number of nitriles is 1. The second kappa shape index (κ2) is 5.55. The molecular weight excluding hydrogens is 266 g/mol. The average molecular weight is 276 g/mol. The number of rotatable bonds is 3. The Hall–Kier alpha value is -2.32. The van der Waals surface area contributed by atoms with E-state index in [1.54, 1.807) is 24.3 Å². The van der Waals surface area contributed by atoms with Crippen LogP contribution in [-0.2, 0) is 13.1 Å². The van der Waals surface area contributed by atoms with Crippen molar-refractivity contribution in [3.8, 4) is 6.07 Å². The molecule has 1 heterocycles. The number of halogens is 1. The molecule has 0 saturated carbocycles. The van der Waals surface area contributed by atoms with Gasteiger partial charge in [0.1, 0.15) is 6.54 Å². The maximum atomic E-state index is 11.8. The van der Waals surface area contributed by atoms with Gasteiger partial charge in [0.25, 0.3) is 0 Å². The van der Waals surface area contributed by atoms with Crippen LogP contribution < -0.4 is 11.1 Å². The van der Waals surface area contributed by atoms with E-state index in [0.717, 1.165) is 10.1 Å². The van der Waals surface area contributed by atoms with Crippen molar-refractivity contribution >= 4 is 11.6 Å². The Morgan fingerprint density at radius 2 is 1.63 bits per heavy atom. The van der Waals surface area contributed by atoms with Crippen molar-refractivity contribution in [2.45, 2.75) is 13.1 Å². The normalized spacial score (nSPS) is 10.1. The Morgan fingerprint density at radius 3 is 2.26 bits per heavy atom. The quantitative estimate of drug-likeness (QED) is 0.792. The van der Waals surface area contributed by atoms with Gasteiger partial charge < -0.3 is 4.57 Å². The van der Waals surface area contributed by atoms with Gasteiger partial charge in [-0.2, -0.15) is 5.26 Å². The van der Waals surface area contributed by atoms with E-state index in [0.29, 0.717) is 11.6 Å². The van der Waals surface area contributed by atoms with E-state index >= 15 is 0 Å². The van der Waals surface area contributed by atoms with Crippen LogP contribution in [0.5, 0.6) is 0 Å². The first-order valence-electron chi connectivity index (χ1n) is 5.53. The van der Waals surface area contributed by atoms with Gasteiger partial charge in [0.05, 0.1) is 12.6 Å². The minimum absolute atomic E-state index is 0.129. The number of hydrogen-bond acceptors (Lipinski definition) is 3. The largest absolute Gasteiger partial charge is 0.317 e. The summed E-state index contributed by atoms with van der Waals surface area (Å²) < 4.78 is 2.39. The summed E-state index contributed by atoms with van der Waals surface area (Å²) >= 11 is 5.77. The third-order valence-corrected chi connectivity index (χ3v) is 2.89. The van der Waals surface area contributed by atoms with Gasteiger partial charge in [0.15, 0.2) is 0 Å². The van der Waals surface area contributed by atoms with E-state index in [2.05, 4.69) is 0 Å². The molecule has 96 valence electrons. The number of aromatic nitrogens is 2. The molecule has 0 aliphatic rings. The molecule has 0 radical (unpaired) electrons. The number of nitrogens with zero attached hydrogens (tertiary/aromatic N) is 3. The lowest BCUT2D eigenvalue weighted by Gasteiger charge is -2.07. The van der Waals surface area contributed by atoms with Crippen molar-refractivity contribution < 1.29 is 0 Å². The molecule has 0 aliphatic carbocycles. The van der Waals surface area contributed by atoms with Gasteiger partial charge in [-0.3, -0.25) is 14.2 Å². The lowest BCUT2D eigenvalue weighted by molar-refractivity contribution is 0.676. The molecule has 0 spiro atoms. The van der Waals surface area contributed by atoms with Crippen LogP contribution in [0, 0.1) is 11.3 Å². The third-order valence-electron chi connectivity index (χ3n) is 2.64. The molecule has 0 fully saturated rings. The van der Waals surface area contributed by atoms with Crippen LogP contribution >= 0.6 is 11.6 Å². The Kier molecular flexibility index (Phi) is 3.83. The Bertz CT molecular complexity index is 738. The summed E-state index contributed by atoms with van der Waals surface area (Å²) in [6.07, 6.45) is 2.93. The summed E-state index contributed by atoms with van der Waals surface area (Å²) in [6, 6.07) is 8.84. The third kappa shape index (κ3) is 2.92. The van der Waals surface area contributed by atoms with E-state index in [-0.39, 0.29) is 6.54 Å². The SMILES string of the molecule is N#CCn1ccn(Cc2ccc(Cl)cc2)c(=O)c1=O. The number of benzene rings is 1. The molecule has 0 aliphatic heterocycles. The zero-order chi connectivity index (χ0) is 13.8. The van der Waals surface area contributed by atoms with Crippen LogP contribution in [0.2, 0.25) is 5.02 Å². The van der Waals surface area contributed by atoms with Crippen molar-refractivity contribution in [2.24, 2.45) is 0 Å². The zero-order valence-electron chi connectivity index (χ0n) is 9.91. The highest BCUT2D eigenvalue weighted by atomic mass is 35.5. The van der Waals surface area contributed by atoms with Crippen LogP contribution in [-0.4, -0.2) is 9.13 Å². The highest BCUT2D eigenvalue weighted by molar-refractivity contribution is 6.30. The smallest absolute Gasteiger partial charge is 0.305 e. The molecule has 0 amide bonds. The maximum absolute atomic E-state index is 11.8. The summed E-state index contributed by atoms with van der Waals surface area (Å²) in [4.78, 5) is 23.5. The molecular formula is C13H10ClN3O2. The Balaban J connectivity index is 2.35. The summed E-state index contributed by atoms with van der Waals surface area (Å²) in [5.41, 5.74) is -0.477. The van der Waals surface area contributed by atoms with E-state index in [1.807, 2.05) is 6.07 Å². The maximum Gasteiger partial charge on any atom is 0.317 e. The topological polar surface area (TPSA) is 67.8 Å². The van der Waals surface area contributed by atoms with Gasteiger partial charge in [-0.05, 0) is 17.7 Å². The molecule has 1 aromatic heterocycles. The van der Waals surface area contributed by atoms with Gasteiger partial charge in [-0.15, -0.1) is 0 Å². The zero-order valence-corrected chi connectivity index (χ0v) is 10.7. The van der Waals surface area contributed by atoms with Crippen LogP contribution in [0.1, 0.15) is 5.56 Å². The van der Waals surface area contributed by atoms with Gasteiger partial charge in [-0.1, -0.05) is 23.7 Å². The van der Waals surface area contributed by atoms with Crippen LogP contribution in [0.25, 0.3) is 0 Å². The van der Waals surface area contributed by atoms with Gasteiger partial charge in [0.2, 0.25) is 0 Å². The van der Waals surface area contributed by atoms with Gasteiger partial charge >= 0.3 is 11.1 Å². The highest BCUT2D eigenvalue weighted by Gasteiger charge is 2.05. The fourth-order valence-corrected chi connectivity index (χ4v) is 1.78. The average Bonchev–Trinajstić information content (AvgIpc) is 2.41. The minimum Gasteiger partial charge on any atom is -0.305 e. The fourth-order valence-electron chi connectivity index (χ4n) is 1.65. The molecule has 2 rings (SSSR count). The van der Waals surface area contributed by atoms with Crippen LogP contribution in [0.3, 0.4) is 0 Å². The van der Waals surface area contributed by atoms with Gasteiger partial charge in [-0.25, -0.2) is 0 Å². The first-order chi connectivity index (χ1) is 9.11. The molecule has 2 aromatic rings. The lowest BCUT2D eigenvalue weighted by Crippen LogP contribution is -2.40. The monoisotopic (exact) mass is 275 g/mol. The van der Waals surface area contributed by atoms with Gasteiger partial charge in [0, 0.05) is 17.4 Å². The summed E-state index contributed by atoms with van der Waals surface area (Å²) in [5, 5.41) is 9.15. The molecule has 6 heteroatoms. The summed E-state index contributed by atoms with van der Waals surface area (Å²) in [7, 11) is 0. The highest BCUT2D eigenvalue weighted by Crippen LogP contribution is 2.09. The van der Waals surface area contributed by atoms with Crippen molar-refractivity contribution in [2.75, 3.05) is 0 Å². The lowest BCUT2D eigenvalue weighted by atomic mass is 10.2. The van der Waals surface area contributed by atoms with Crippen LogP contribution in [0.15, 0.2) is 46.2 Å². The summed E-state index contributed by atoms with van der Waals surface area (Å²) in [5.74, 6) is 0. The number of hydrogen-bond donors (Lipinski definition) is 0. The first-order valence-corrected chi connectivity index (χ1v) is 5.91.